The third kappa shape index (κ3) is 9.43. The number of rotatable bonds is 15. The molecule has 0 bridgehead atoms. The highest BCUT2D eigenvalue weighted by molar-refractivity contribution is 5.84. The average molecular weight is 489 g/mol. The lowest BCUT2D eigenvalue weighted by Gasteiger charge is -2.34. The van der Waals surface area contributed by atoms with Crippen LogP contribution in [0.3, 0.4) is 0 Å². The maximum Gasteiger partial charge on any atom is 0.240 e. The summed E-state index contributed by atoms with van der Waals surface area (Å²) >= 11 is 0. The predicted molar refractivity (Wildman–Crippen MR) is 136 cm³/mol. The third-order valence-electron chi connectivity index (χ3n) is 6.27. The highest BCUT2D eigenvalue weighted by Crippen LogP contribution is 2.27. The largest absolute Gasteiger partial charge is 0.492 e. The van der Waals surface area contributed by atoms with Crippen LogP contribution in [0.1, 0.15) is 37.7 Å². The van der Waals surface area contributed by atoms with Gasteiger partial charge in [0.15, 0.2) is 0 Å². The quantitative estimate of drug-likeness (QED) is 0.215. The molecule has 0 saturated heterocycles. The SMILES string of the molecule is CNCC(=O)NC/C=C/c1ccccc1OCCNC(C(=O)N(C)C(C=O)CO)C1CCCCC1. The summed E-state index contributed by atoms with van der Waals surface area (Å²) in [6.07, 6.45) is 9.64. The van der Waals surface area contributed by atoms with Crippen LogP contribution in [0.15, 0.2) is 30.3 Å². The molecule has 1 aliphatic rings. The second kappa shape index (κ2) is 16.0. The molecule has 2 amide bonds. The number of likely N-dealkylation sites (N-methyl/N-ethyl adjacent to an activating group) is 2. The number of hydrogen-bond donors (Lipinski definition) is 4. The Bertz CT molecular complexity index is 826. The maximum atomic E-state index is 13.2. The number of amides is 2. The van der Waals surface area contributed by atoms with E-state index in [9.17, 15) is 19.5 Å². The molecule has 4 N–H and O–H groups in total. The molecule has 35 heavy (non-hydrogen) atoms. The van der Waals surface area contributed by atoms with Crippen LogP contribution in [0.25, 0.3) is 6.08 Å². The van der Waals surface area contributed by atoms with Crippen LogP contribution in [0.5, 0.6) is 5.75 Å². The van der Waals surface area contributed by atoms with Crippen molar-refractivity contribution in [1.82, 2.24) is 20.9 Å². The third-order valence-corrected chi connectivity index (χ3v) is 6.27. The molecule has 9 heteroatoms. The zero-order chi connectivity index (χ0) is 25.5. The first-order chi connectivity index (χ1) is 17.0. The molecule has 0 aromatic heterocycles. The van der Waals surface area contributed by atoms with Gasteiger partial charge in [-0.25, -0.2) is 0 Å². The molecule has 2 atom stereocenters. The molecular weight excluding hydrogens is 448 g/mol. The fraction of sp³-hybridized carbons (Fsp3) is 0.577. The number of ether oxygens (including phenoxy) is 1. The molecule has 2 rings (SSSR count). The summed E-state index contributed by atoms with van der Waals surface area (Å²) in [5.74, 6) is 0.662. The summed E-state index contributed by atoms with van der Waals surface area (Å²) in [5, 5.41) is 18.4. The molecule has 0 spiro atoms. The van der Waals surface area contributed by atoms with Crippen molar-refractivity contribution in [2.45, 2.75) is 44.2 Å². The Kier molecular flexibility index (Phi) is 13.0. The number of carbonyl (C=O) groups is 3. The molecule has 1 saturated carbocycles. The summed E-state index contributed by atoms with van der Waals surface area (Å²) in [4.78, 5) is 37.3. The first-order valence-corrected chi connectivity index (χ1v) is 12.4. The molecule has 1 fully saturated rings. The Balaban J connectivity index is 1.93. The lowest BCUT2D eigenvalue weighted by Crippen LogP contribution is -2.54. The summed E-state index contributed by atoms with van der Waals surface area (Å²) in [5.41, 5.74) is 0.895. The Hall–Kier alpha value is -2.75. The van der Waals surface area contributed by atoms with Gasteiger partial charge in [-0.3, -0.25) is 9.59 Å². The maximum absolute atomic E-state index is 13.2. The van der Waals surface area contributed by atoms with E-state index >= 15 is 0 Å². The second-order valence-corrected chi connectivity index (χ2v) is 8.79. The summed E-state index contributed by atoms with van der Waals surface area (Å²) in [7, 11) is 3.29. The highest BCUT2D eigenvalue weighted by Gasteiger charge is 2.33. The molecule has 1 aromatic carbocycles. The van der Waals surface area contributed by atoms with Crippen molar-refractivity contribution in [1.29, 1.82) is 0 Å². The zero-order valence-electron chi connectivity index (χ0n) is 20.9. The van der Waals surface area contributed by atoms with E-state index in [0.29, 0.717) is 31.7 Å². The first kappa shape index (κ1) is 28.5. The topological polar surface area (TPSA) is 120 Å². The lowest BCUT2D eigenvalue weighted by molar-refractivity contribution is -0.139. The number of aliphatic hydroxyl groups is 1. The van der Waals surface area contributed by atoms with Gasteiger partial charge in [-0.2, -0.15) is 0 Å². The van der Waals surface area contributed by atoms with Crippen LogP contribution < -0.4 is 20.7 Å². The van der Waals surface area contributed by atoms with Gasteiger partial charge >= 0.3 is 0 Å². The van der Waals surface area contributed by atoms with Crippen molar-refractivity contribution in [2.24, 2.45) is 5.92 Å². The van der Waals surface area contributed by atoms with E-state index < -0.39 is 18.7 Å². The number of nitrogens with one attached hydrogen (secondary N) is 3. The molecule has 0 aliphatic heterocycles. The first-order valence-electron chi connectivity index (χ1n) is 12.4. The van der Waals surface area contributed by atoms with Gasteiger partial charge in [0.1, 0.15) is 24.7 Å². The zero-order valence-corrected chi connectivity index (χ0v) is 20.9. The van der Waals surface area contributed by atoms with Crippen molar-refractivity contribution < 1.29 is 24.2 Å². The van der Waals surface area contributed by atoms with Crippen molar-refractivity contribution >= 4 is 24.2 Å². The molecule has 194 valence electrons. The standard InChI is InChI=1S/C26H40N4O5/c1-27-17-24(33)28-14-8-12-20-9-6-7-13-23(20)35-16-15-29-25(21-10-4-3-5-11-21)26(34)30(2)22(18-31)19-32/h6-9,12-13,18,21-22,25,27,29,32H,3-5,10-11,14-17,19H2,1-2H3,(H,28,33)/b12-8+. The second-order valence-electron chi connectivity index (χ2n) is 8.79. The fourth-order valence-corrected chi connectivity index (χ4v) is 4.27. The number of aldehydes is 1. The highest BCUT2D eigenvalue weighted by atomic mass is 16.5. The number of para-hydroxylation sites is 1. The van der Waals surface area contributed by atoms with Crippen LogP contribution in [-0.4, -0.2) is 87.1 Å². The van der Waals surface area contributed by atoms with Gasteiger partial charge in [0.05, 0.1) is 19.2 Å². The van der Waals surface area contributed by atoms with Crippen LogP contribution in [0.2, 0.25) is 0 Å². The summed E-state index contributed by atoms with van der Waals surface area (Å²) < 4.78 is 5.99. The Morgan fingerprint density at radius 1 is 1.23 bits per heavy atom. The smallest absolute Gasteiger partial charge is 0.240 e. The molecule has 1 aliphatic carbocycles. The van der Waals surface area contributed by atoms with Crippen LogP contribution in [-0.2, 0) is 14.4 Å². The number of carbonyl (C=O) groups excluding carboxylic acids is 3. The molecular formula is C26H40N4O5. The number of hydrogen-bond acceptors (Lipinski definition) is 7. The van der Waals surface area contributed by atoms with Gasteiger partial charge < -0.3 is 35.5 Å². The molecule has 1 aromatic rings. The number of nitrogens with zero attached hydrogens (tertiary/aromatic N) is 1. The number of benzene rings is 1. The van der Waals surface area contributed by atoms with E-state index in [-0.39, 0.29) is 24.3 Å². The van der Waals surface area contributed by atoms with Gasteiger partial charge in [0, 0.05) is 25.7 Å². The van der Waals surface area contributed by atoms with Crippen LogP contribution in [0.4, 0.5) is 0 Å². The Morgan fingerprint density at radius 3 is 2.66 bits per heavy atom. The summed E-state index contributed by atoms with van der Waals surface area (Å²) in [6, 6.07) is 6.37. The van der Waals surface area contributed by atoms with E-state index in [2.05, 4.69) is 16.0 Å². The van der Waals surface area contributed by atoms with Crippen molar-refractivity contribution in [3.05, 3.63) is 35.9 Å². The molecule has 9 nitrogen and oxygen atoms in total. The van der Waals surface area contributed by atoms with Gasteiger partial charge in [-0.05, 0) is 31.9 Å². The van der Waals surface area contributed by atoms with E-state index in [4.69, 9.17) is 4.74 Å². The minimum atomic E-state index is -0.840. The molecule has 2 unspecified atom stereocenters. The lowest BCUT2D eigenvalue weighted by atomic mass is 9.83. The average Bonchev–Trinajstić information content (AvgIpc) is 2.88. The van der Waals surface area contributed by atoms with Crippen LogP contribution in [0, 0.1) is 5.92 Å². The van der Waals surface area contributed by atoms with E-state index in [1.165, 1.54) is 11.3 Å². The van der Waals surface area contributed by atoms with Gasteiger partial charge in [0.2, 0.25) is 11.8 Å². The Labute approximate surface area is 208 Å². The van der Waals surface area contributed by atoms with Crippen LogP contribution >= 0.6 is 0 Å². The fourth-order valence-electron chi connectivity index (χ4n) is 4.27. The van der Waals surface area contributed by atoms with Gasteiger partial charge in [0.25, 0.3) is 0 Å². The molecule has 0 radical (unpaired) electrons. The monoisotopic (exact) mass is 488 g/mol. The minimum absolute atomic E-state index is 0.0704. The van der Waals surface area contributed by atoms with E-state index in [1.54, 1.807) is 14.1 Å². The van der Waals surface area contributed by atoms with E-state index in [0.717, 1.165) is 31.2 Å². The minimum Gasteiger partial charge on any atom is -0.492 e. The Morgan fingerprint density at radius 2 is 1.97 bits per heavy atom. The predicted octanol–water partition coefficient (Wildman–Crippen LogP) is 0.971. The van der Waals surface area contributed by atoms with E-state index in [1.807, 2.05) is 36.4 Å². The van der Waals surface area contributed by atoms with Gasteiger partial charge in [-0.15, -0.1) is 0 Å². The number of aliphatic hydroxyl groups excluding tert-OH is 1. The van der Waals surface area contributed by atoms with Gasteiger partial charge in [-0.1, -0.05) is 49.6 Å². The van der Waals surface area contributed by atoms with Crippen molar-refractivity contribution in [2.75, 3.05) is 46.9 Å². The van der Waals surface area contributed by atoms with Crippen molar-refractivity contribution in [3.8, 4) is 5.75 Å². The normalized spacial score (nSPS) is 16.0. The molecule has 0 heterocycles. The van der Waals surface area contributed by atoms with Crippen molar-refractivity contribution in [3.63, 3.8) is 0 Å². The summed E-state index contributed by atoms with van der Waals surface area (Å²) in [6.45, 7) is 1.13.